The summed E-state index contributed by atoms with van der Waals surface area (Å²) in [5, 5.41) is 0. The zero-order valence-electron chi connectivity index (χ0n) is 19.2. The van der Waals surface area contributed by atoms with E-state index in [-0.39, 0.29) is 29.6 Å². The lowest BCUT2D eigenvalue weighted by atomic mass is 9.86. The first kappa shape index (κ1) is 23.1. The van der Waals surface area contributed by atoms with Gasteiger partial charge >= 0.3 is 0 Å². The zero-order chi connectivity index (χ0) is 24.5. The van der Waals surface area contributed by atoms with Gasteiger partial charge in [-0.2, -0.15) is 0 Å². The van der Waals surface area contributed by atoms with E-state index in [1.807, 2.05) is 30.5 Å². The molecular formula is C26H28FN5O3. The highest BCUT2D eigenvalue weighted by Crippen LogP contribution is 2.41. The number of nitrogens with two attached hydrogens (primary N) is 1. The van der Waals surface area contributed by atoms with Crippen molar-refractivity contribution in [2.24, 2.45) is 11.7 Å². The third-order valence-electron chi connectivity index (χ3n) is 6.87. The summed E-state index contributed by atoms with van der Waals surface area (Å²) in [5.74, 6) is 0.317. The second-order valence-electron chi connectivity index (χ2n) is 9.03. The Balaban J connectivity index is 1.41. The Morgan fingerprint density at radius 3 is 2.51 bits per heavy atom. The number of carbonyl (C=O) groups is 2. The van der Waals surface area contributed by atoms with Crippen LogP contribution >= 0.6 is 0 Å². The number of halogens is 1. The molecule has 3 heterocycles. The smallest absolute Gasteiger partial charge is 0.257 e. The molecule has 3 aliphatic heterocycles. The molecule has 3 aliphatic rings. The highest BCUT2D eigenvalue weighted by molar-refractivity contribution is 5.89. The van der Waals surface area contributed by atoms with Gasteiger partial charge in [-0.15, -0.1) is 0 Å². The second kappa shape index (κ2) is 9.52. The molecule has 0 aliphatic carbocycles. The number of benzene rings is 2. The van der Waals surface area contributed by atoms with Crippen molar-refractivity contribution in [1.82, 2.24) is 20.7 Å². The summed E-state index contributed by atoms with van der Waals surface area (Å²) in [4.78, 5) is 29.0. The van der Waals surface area contributed by atoms with Crippen molar-refractivity contribution in [2.45, 2.75) is 31.1 Å². The molecule has 182 valence electrons. The van der Waals surface area contributed by atoms with Crippen LogP contribution < -0.4 is 21.3 Å². The number of amides is 2. The predicted molar refractivity (Wildman–Crippen MR) is 129 cm³/mol. The van der Waals surface area contributed by atoms with Crippen molar-refractivity contribution >= 4 is 17.4 Å². The van der Waals surface area contributed by atoms with Crippen molar-refractivity contribution in [2.75, 3.05) is 13.1 Å². The Kier molecular flexibility index (Phi) is 6.27. The van der Waals surface area contributed by atoms with Gasteiger partial charge in [0.1, 0.15) is 23.4 Å². The van der Waals surface area contributed by atoms with Gasteiger partial charge in [0.2, 0.25) is 5.91 Å². The van der Waals surface area contributed by atoms with Crippen molar-refractivity contribution < 1.29 is 18.7 Å². The van der Waals surface area contributed by atoms with Crippen LogP contribution in [0.25, 0.3) is 5.57 Å². The van der Waals surface area contributed by atoms with Crippen LogP contribution in [0.15, 0.2) is 67.4 Å². The fourth-order valence-corrected chi connectivity index (χ4v) is 5.17. The molecule has 0 spiro atoms. The van der Waals surface area contributed by atoms with Crippen LogP contribution in [0, 0.1) is 11.7 Å². The molecule has 2 amide bonds. The van der Waals surface area contributed by atoms with E-state index in [4.69, 9.17) is 10.5 Å². The molecule has 0 bridgehead atoms. The van der Waals surface area contributed by atoms with Gasteiger partial charge in [-0.3, -0.25) is 15.0 Å². The maximum Gasteiger partial charge on any atom is 0.257 e. The highest BCUT2D eigenvalue weighted by Gasteiger charge is 2.49. The molecule has 0 aromatic heterocycles. The van der Waals surface area contributed by atoms with Crippen LogP contribution in [0.4, 0.5) is 4.39 Å². The molecule has 2 aromatic rings. The number of carbonyl (C=O) groups excluding carboxylic acids is 2. The van der Waals surface area contributed by atoms with Gasteiger partial charge in [-0.1, -0.05) is 18.7 Å². The molecule has 5 rings (SSSR count). The first-order valence-corrected chi connectivity index (χ1v) is 11.7. The van der Waals surface area contributed by atoms with Crippen LogP contribution in [-0.4, -0.2) is 53.0 Å². The number of hydrogen-bond acceptors (Lipinski definition) is 6. The predicted octanol–water partition coefficient (Wildman–Crippen LogP) is 2.36. The summed E-state index contributed by atoms with van der Waals surface area (Å²) in [6.45, 7) is 4.81. The van der Waals surface area contributed by atoms with Crippen LogP contribution in [-0.2, 0) is 9.59 Å². The summed E-state index contributed by atoms with van der Waals surface area (Å²) < 4.78 is 19.0. The number of fused-ring (bicyclic) bond motifs is 1. The Morgan fingerprint density at radius 2 is 1.83 bits per heavy atom. The number of likely N-dealkylation sites (tertiary alicyclic amines) is 1. The Morgan fingerprint density at radius 1 is 1.14 bits per heavy atom. The van der Waals surface area contributed by atoms with Crippen LogP contribution in [0.2, 0.25) is 0 Å². The molecule has 8 nitrogen and oxygen atoms in total. The first-order valence-electron chi connectivity index (χ1n) is 11.7. The average molecular weight is 478 g/mol. The van der Waals surface area contributed by atoms with Gasteiger partial charge < -0.3 is 20.3 Å². The van der Waals surface area contributed by atoms with E-state index in [9.17, 15) is 14.0 Å². The monoisotopic (exact) mass is 477 g/mol. The summed E-state index contributed by atoms with van der Waals surface area (Å²) in [7, 11) is 0. The number of ether oxygens (including phenoxy) is 1. The SMILES string of the molecule is C=CC(=O)N1CCCC(N2C=C(c3ccc(Oc4ccc(F)cc4)cc3)C3C(N)NNC(=O)C32)C1. The minimum atomic E-state index is -0.474. The van der Waals surface area contributed by atoms with Gasteiger partial charge in [0.15, 0.2) is 0 Å². The summed E-state index contributed by atoms with van der Waals surface area (Å²) in [5.41, 5.74) is 13.9. The summed E-state index contributed by atoms with van der Waals surface area (Å²) >= 11 is 0. The van der Waals surface area contributed by atoms with E-state index < -0.39 is 12.2 Å². The third kappa shape index (κ3) is 4.52. The lowest BCUT2D eigenvalue weighted by Gasteiger charge is -2.43. The van der Waals surface area contributed by atoms with E-state index in [0.29, 0.717) is 24.6 Å². The molecule has 2 saturated heterocycles. The zero-order valence-corrected chi connectivity index (χ0v) is 19.2. The molecule has 0 saturated carbocycles. The minimum Gasteiger partial charge on any atom is -0.457 e. The Hall–Kier alpha value is -3.69. The topological polar surface area (TPSA) is 99.9 Å². The second-order valence-corrected chi connectivity index (χ2v) is 9.03. The van der Waals surface area contributed by atoms with Crippen LogP contribution in [0.1, 0.15) is 18.4 Å². The standard InChI is InChI=1S/C26H28FN5O3/c1-2-22(33)31-13-3-4-18(14-31)32-15-21(23-24(32)26(34)30-29-25(23)28)16-5-9-19(10-6-16)35-20-11-7-17(27)8-12-20/h2,5-12,15,18,23-25,29H,1,3-4,13-14,28H2,(H,30,34). The number of hydrogen-bond donors (Lipinski definition) is 3. The lowest BCUT2D eigenvalue weighted by molar-refractivity contribution is -0.132. The van der Waals surface area contributed by atoms with Crippen LogP contribution in [0.5, 0.6) is 11.5 Å². The molecule has 9 heteroatoms. The Bertz CT molecular complexity index is 1150. The van der Waals surface area contributed by atoms with E-state index in [1.165, 1.54) is 18.2 Å². The lowest BCUT2D eigenvalue weighted by Crippen LogP contribution is -2.67. The molecule has 35 heavy (non-hydrogen) atoms. The summed E-state index contributed by atoms with van der Waals surface area (Å²) in [6, 6.07) is 12.9. The fraction of sp³-hybridized carbons (Fsp3) is 0.308. The first-order chi connectivity index (χ1) is 16.9. The van der Waals surface area contributed by atoms with Crippen molar-refractivity contribution in [3.05, 3.63) is 78.8 Å². The maximum atomic E-state index is 13.2. The summed E-state index contributed by atoms with van der Waals surface area (Å²) in [6.07, 6.45) is 4.60. The number of rotatable bonds is 5. The van der Waals surface area contributed by atoms with Gasteiger partial charge in [-0.05, 0) is 66.5 Å². The van der Waals surface area contributed by atoms with Gasteiger partial charge in [0.25, 0.3) is 5.91 Å². The fourth-order valence-electron chi connectivity index (χ4n) is 5.17. The van der Waals surface area contributed by atoms with Crippen molar-refractivity contribution in [3.63, 3.8) is 0 Å². The number of hydrazine groups is 1. The molecule has 2 aromatic carbocycles. The quantitative estimate of drug-likeness (QED) is 0.572. The molecule has 4 unspecified atom stereocenters. The van der Waals surface area contributed by atoms with Gasteiger partial charge in [-0.25, -0.2) is 9.82 Å². The molecular weight excluding hydrogens is 449 g/mol. The van der Waals surface area contributed by atoms with E-state index in [0.717, 1.165) is 24.0 Å². The Labute approximate surface area is 203 Å². The van der Waals surface area contributed by atoms with Crippen molar-refractivity contribution in [1.29, 1.82) is 0 Å². The minimum absolute atomic E-state index is 0.00483. The maximum absolute atomic E-state index is 13.2. The number of piperidine rings is 1. The van der Waals surface area contributed by atoms with E-state index >= 15 is 0 Å². The molecule has 0 radical (unpaired) electrons. The number of nitrogens with one attached hydrogen (secondary N) is 2. The molecule has 4 N–H and O–H groups in total. The normalized spacial score (nSPS) is 26.0. The van der Waals surface area contributed by atoms with E-state index in [2.05, 4.69) is 22.3 Å². The van der Waals surface area contributed by atoms with Crippen molar-refractivity contribution in [3.8, 4) is 11.5 Å². The largest absolute Gasteiger partial charge is 0.457 e. The third-order valence-corrected chi connectivity index (χ3v) is 6.87. The van der Waals surface area contributed by atoms with Crippen LogP contribution in [0.3, 0.4) is 0 Å². The number of nitrogens with zero attached hydrogens (tertiary/aromatic N) is 2. The highest BCUT2D eigenvalue weighted by atomic mass is 19.1. The average Bonchev–Trinajstić information content (AvgIpc) is 3.30. The molecule has 2 fully saturated rings. The van der Waals surface area contributed by atoms with Gasteiger partial charge in [0, 0.05) is 31.2 Å². The molecule has 4 atom stereocenters. The van der Waals surface area contributed by atoms with E-state index in [1.54, 1.807) is 17.0 Å². The van der Waals surface area contributed by atoms with Gasteiger partial charge in [0.05, 0.1) is 6.17 Å².